The van der Waals surface area contributed by atoms with Crippen molar-refractivity contribution < 1.29 is 27.1 Å². The maximum Gasteiger partial charge on any atom is 0.468 e. The van der Waals surface area contributed by atoms with Gasteiger partial charge in [0.2, 0.25) is 0 Å². The Morgan fingerprint density at radius 1 is 1.25 bits per heavy atom. The second-order valence-electron chi connectivity index (χ2n) is 5.98. The van der Waals surface area contributed by atoms with Crippen LogP contribution in [0.3, 0.4) is 0 Å². The summed E-state index contributed by atoms with van der Waals surface area (Å²) in [5, 5.41) is 2.43. The molecule has 0 saturated heterocycles. The number of anilines is 1. The highest BCUT2D eigenvalue weighted by molar-refractivity contribution is 5.83. The first kappa shape index (κ1) is 17.8. The number of hydrogen-bond donors (Lipinski definition) is 1. The number of alkyl halides is 3. The largest absolute Gasteiger partial charge is 0.468 e. The number of oxazole rings is 1. The second kappa shape index (κ2) is 6.14. The van der Waals surface area contributed by atoms with Gasteiger partial charge in [-0.3, -0.25) is 5.32 Å². The molecule has 2 aromatic rings. The maximum absolute atomic E-state index is 12.6. The van der Waals surface area contributed by atoms with Gasteiger partial charge in [-0.05, 0) is 39.8 Å². The fraction of sp³-hybridized carbons (Fsp3) is 0.400. The standard InChI is InChI=1S/C15H16F3N3O3/c1-8-11(21-12(23-8)15(16,17)18)9-5-6-10(19-7-9)20-13(22)24-14(2,3)4/h5-7H,1-4H3,(H,19,20,22). The summed E-state index contributed by atoms with van der Waals surface area (Å²) in [6.07, 6.45) is -4.05. The van der Waals surface area contributed by atoms with Crippen molar-refractivity contribution in [3.8, 4) is 11.3 Å². The van der Waals surface area contributed by atoms with Gasteiger partial charge in [0.25, 0.3) is 0 Å². The van der Waals surface area contributed by atoms with Crippen LogP contribution in [0, 0.1) is 6.92 Å². The molecule has 2 aromatic heterocycles. The van der Waals surface area contributed by atoms with Crippen LogP contribution < -0.4 is 5.32 Å². The molecule has 0 saturated carbocycles. The quantitative estimate of drug-likeness (QED) is 0.874. The molecule has 6 nitrogen and oxygen atoms in total. The number of aryl methyl sites for hydroxylation is 1. The number of carbonyl (C=O) groups excluding carboxylic acids is 1. The zero-order chi connectivity index (χ0) is 18.1. The van der Waals surface area contributed by atoms with Crippen molar-refractivity contribution in [3.05, 3.63) is 30.0 Å². The Morgan fingerprint density at radius 3 is 2.38 bits per heavy atom. The van der Waals surface area contributed by atoms with Gasteiger partial charge in [-0.2, -0.15) is 13.2 Å². The molecule has 2 rings (SSSR count). The molecule has 9 heteroatoms. The number of rotatable bonds is 2. The number of nitrogens with one attached hydrogen (secondary N) is 1. The van der Waals surface area contributed by atoms with Crippen LogP contribution in [0.25, 0.3) is 11.3 Å². The van der Waals surface area contributed by atoms with E-state index < -0.39 is 23.8 Å². The Hall–Kier alpha value is -2.58. The van der Waals surface area contributed by atoms with Crippen molar-refractivity contribution in [1.82, 2.24) is 9.97 Å². The van der Waals surface area contributed by atoms with Gasteiger partial charge < -0.3 is 9.15 Å². The average Bonchev–Trinajstić information content (AvgIpc) is 2.79. The number of carbonyl (C=O) groups is 1. The molecule has 1 N–H and O–H groups in total. The molecule has 0 fully saturated rings. The van der Waals surface area contributed by atoms with E-state index in [2.05, 4.69) is 19.7 Å². The first-order valence-electron chi connectivity index (χ1n) is 6.97. The van der Waals surface area contributed by atoms with Gasteiger partial charge >= 0.3 is 18.2 Å². The van der Waals surface area contributed by atoms with Crippen LogP contribution in [0.4, 0.5) is 23.8 Å². The van der Waals surface area contributed by atoms with Gasteiger partial charge in [-0.25, -0.2) is 14.8 Å². The van der Waals surface area contributed by atoms with Gasteiger partial charge in [-0.1, -0.05) is 0 Å². The van der Waals surface area contributed by atoms with E-state index in [-0.39, 0.29) is 17.3 Å². The monoisotopic (exact) mass is 343 g/mol. The summed E-state index contributed by atoms with van der Waals surface area (Å²) in [6, 6.07) is 2.91. The highest BCUT2D eigenvalue weighted by Gasteiger charge is 2.38. The highest BCUT2D eigenvalue weighted by atomic mass is 19.4. The minimum absolute atomic E-state index is 0.0250. The zero-order valence-electron chi connectivity index (χ0n) is 13.5. The molecule has 0 spiro atoms. The van der Waals surface area contributed by atoms with Crippen molar-refractivity contribution in [2.75, 3.05) is 5.32 Å². The lowest BCUT2D eigenvalue weighted by Crippen LogP contribution is -2.27. The van der Waals surface area contributed by atoms with Gasteiger partial charge in [-0.15, -0.1) is 0 Å². The highest BCUT2D eigenvalue weighted by Crippen LogP contribution is 2.33. The van der Waals surface area contributed by atoms with E-state index in [9.17, 15) is 18.0 Å². The first-order chi connectivity index (χ1) is 11.0. The summed E-state index contributed by atoms with van der Waals surface area (Å²) in [4.78, 5) is 19.0. The predicted molar refractivity (Wildman–Crippen MR) is 79.3 cm³/mol. The minimum Gasteiger partial charge on any atom is -0.444 e. The van der Waals surface area contributed by atoms with Crippen LogP contribution in [0.2, 0.25) is 0 Å². The molecule has 0 aromatic carbocycles. The topological polar surface area (TPSA) is 77.2 Å². The number of ether oxygens (including phenoxy) is 1. The second-order valence-corrected chi connectivity index (χ2v) is 5.98. The molecule has 0 aliphatic heterocycles. The van der Waals surface area contributed by atoms with Crippen LogP contribution in [0.15, 0.2) is 22.7 Å². The summed E-state index contributed by atoms with van der Waals surface area (Å²) >= 11 is 0. The molecule has 24 heavy (non-hydrogen) atoms. The summed E-state index contributed by atoms with van der Waals surface area (Å²) in [5.74, 6) is -1.09. The van der Waals surface area contributed by atoms with E-state index in [4.69, 9.17) is 4.74 Å². The Kier molecular flexibility index (Phi) is 4.54. The van der Waals surface area contributed by atoms with Crippen LogP contribution in [-0.4, -0.2) is 21.7 Å². The van der Waals surface area contributed by atoms with Crippen LogP contribution in [0.5, 0.6) is 0 Å². The smallest absolute Gasteiger partial charge is 0.444 e. The van der Waals surface area contributed by atoms with E-state index in [0.717, 1.165) is 0 Å². The third-order valence-corrected chi connectivity index (χ3v) is 2.71. The Labute approximate surface area is 136 Å². The number of halogens is 3. The normalized spacial score (nSPS) is 12.1. The number of amides is 1. The zero-order valence-corrected chi connectivity index (χ0v) is 13.5. The van der Waals surface area contributed by atoms with Crippen LogP contribution in [-0.2, 0) is 10.9 Å². The molecule has 1 amide bonds. The third-order valence-electron chi connectivity index (χ3n) is 2.71. The van der Waals surface area contributed by atoms with Crippen LogP contribution >= 0.6 is 0 Å². The molecular formula is C15H16F3N3O3. The van der Waals surface area contributed by atoms with Crippen molar-refractivity contribution >= 4 is 11.9 Å². The molecule has 0 atom stereocenters. The van der Waals surface area contributed by atoms with Gasteiger partial charge in [0.05, 0.1) is 0 Å². The van der Waals surface area contributed by atoms with Crippen molar-refractivity contribution in [1.29, 1.82) is 0 Å². The Balaban J connectivity index is 2.15. The molecular weight excluding hydrogens is 327 g/mol. The van der Waals surface area contributed by atoms with E-state index in [1.165, 1.54) is 25.3 Å². The molecule has 2 heterocycles. The molecule has 130 valence electrons. The average molecular weight is 343 g/mol. The lowest BCUT2D eigenvalue weighted by atomic mass is 10.2. The summed E-state index contributed by atoms with van der Waals surface area (Å²) in [5.41, 5.74) is -0.282. The van der Waals surface area contributed by atoms with E-state index in [1.807, 2.05) is 0 Å². The minimum atomic E-state index is -4.66. The SMILES string of the molecule is Cc1oc(C(F)(F)F)nc1-c1ccc(NC(=O)OC(C)(C)C)nc1. The van der Waals surface area contributed by atoms with Crippen molar-refractivity contribution in [3.63, 3.8) is 0 Å². The molecule has 0 bridgehead atoms. The third kappa shape index (κ3) is 4.46. The lowest BCUT2D eigenvalue weighted by Gasteiger charge is -2.19. The Morgan fingerprint density at radius 2 is 1.92 bits per heavy atom. The molecule has 0 unspecified atom stereocenters. The molecule has 0 aliphatic rings. The van der Waals surface area contributed by atoms with E-state index in [1.54, 1.807) is 20.8 Å². The van der Waals surface area contributed by atoms with Crippen molar-refractivity contribution in [2.24, 2.45) is 0 Å². The molecule has 0 aliphatic carbocycles. The van der Waals surface area contributed by atoms with Gasteiger partial charge in [0, 0.05) is 11.8 Å². The fourth-order valence-corrected chi connectivity index (χ4v) is 1.80. The predicted octanol–water partition coefficient (Wildman–Crippen LogP) is 4.41. The number of aromatic nitrogens is 2. The van der Waals surface area contributed by atoms with Crippen LogP contribution in [0.1, 0.15) is 32.4 Å². The fourth-order valence-electron chi connectivity index (χ4n) is 1.80. The lowest BCUT2D eigenvalue weighted by molar-refractivity contribution is -0.157. The summed E-state index contributed by atoms with van der Waals surface area (Å²) in [6.45, 7) is 6.53. The summed E-state index contributed by atoms with van der Waals surface area (Å²) < 4.78 is 47.5. The molecule has 0 radical (unpaired) electrons. The van der Waals surface area contributed by atoms with E-state index in [0.29, 0.717) is 5.56 Å². The maximum atomic E-state index is 12.6. The first-order valence-corrected chi connectivity index (χ1v) is 6.97. The number of hydrogen-bond acceptors (Lipinski definition) is 5. The van der Waals surface area contributed by atoms with Crippen molar-refractivity contribution in [2.45, 2.75) is 39.5 Å². The van der Waals surface area contributed by atoms with Gasteiger partial charge in [0.1, 0.15) is 22.9 Å². The number of pyridine rings is 1. The Bertz CT molecular complexity index is 731. The van der Waals surface area contributed by atoms with Gasteiger partial charge in [0.15, 0.2) is 0 Å². The summed E-state index contributed by atoms with van der Waals surface area (Å²) in [7, 11) is 0. The number of nitrogens with zero attached hydrogens (tertiary/aromatic N) is 2. The van der Waals surface area contributed by atoms with E-state index >= 15 is 0 Å².